The molecule has 6 heterocycles. The van der Waals surface area contributed by atoms with Gasteiger partial charge < -0.3 is 18.3 Å². The topological polar surface area (TPSA) is 45.5 Å². The Morgan fingerprint density at radius 3 is 0.915 bits per heavy atom. The average Bonchev–Trinajstić information content (AvgIpc) is 1.60. The Bertz CT molecular complexity index is 6060. The van der Waals surface area contributed by atoms with Crippen LogP contribution in [0.1, 0.15) is 0 Å². The summed E-state index contributed by atoms with van der Waals surface area (Å²) >= 11 is 0. The van der Waals surface area contributed by atoms with Crippen molar-refractivity contribution in [2.75, 3.05) is 0 Å². The summed E-state index contributed by atoms with van der Waals surface area (Å²) in [6, 6.07) is 120. The molecule has 0 amide bonds. The fourth-order valence-electron chi connectivity index (χ4n) is 14.4. The summed E-state index contributed by atoms with van der Waals surface area (Å²) < 4.78 is 9.49. The van der Waals surface area contributed by atoms with Crippen LogP contribution in [0.25, 0.3) is 166 Å². The zero-order chi connectivity index (χ0) is 62.1. The van der Waals surface area contributed by atoms with Crippen LogP contribution in [0.5, 0.6) is 0 Å². The van der Waals surface area contributed by atoms with E-state index in [1.54, 1.807) is 0 Å². The van der Waals surface area contributed by atoms with Crippen molar-refractivity contribution in [3.63, 3.8) is 0 Å². The molecule has 0 aliphatic rings. The molecule has 0 bridgehead atoms. The zero-order valence-corrected chi connectivity index (χ0v) is 51.2. The van der Waals surface area contributed by atoms with Gasteiger partial charge in [0.15, 0.2) is 0 Å². The highest BCUT2D eigenvalue weighted by molar-refractivity contribution is 6.15. The van der Waals surface area contributed by atoms with Gasteiger partial charge in [0.2, 0.25) is 0 Å². The molecule has 0 atom stereocenters. The molecule has 6 heteroatoms. The van der Waals surface area contributed by atoms with Gasteiger partial charge >= 0.3 is 0 Å². The molecule has 440 valence electrons. The molecule has 0 saturated heterocycles. The van der Waals surface area contributed by atoms with E-state index in [1.807, 2.05) is 30.7 Å². The molecule has 0 unspecified atom stereocenters. The number of fused-ring (bicyclic) bond motifs is 12. The predicted molar refractivity (Wildman–Crippen MR) is 393 cm³/mol. The minimum Gasteiger partial charge on any atom is -0.309 e. The minimum absolute atomic E-state index is 0.957. The third kappa shape index (κ3) is 9.26. The average molecular weight is 1200 g/mol. The maximum Gasteiger partial charge on any atom is 0.0703 e. The van der Waals surface area contributed by atoms with Crippen LogP contribution in [-0.2, 0) is 0 Å². The number of nitrogens with zero attached hydrogens (tertiary/aromatic N) is 6. The molecule has 94 heavy (non-hydrogen) atoms. The lowest BCUT2D eigenvalue weighted by Gasteiger charge is -2.11. The second-order valence-corrected chi connectivity index (χ2v) is 24.1. The van der Waals surface area contributed by atoms with Crippen LogP contribution in [0.3, 0.4) is 0 Å². The van der Waals surface area contributed by atoms with Crippen molar-refractivity contribution in [3.8, 4) is 78.5 Å². The number of hydrogen-bond acceptors (Lipinski definition) is 2. The molecule has 0 saturated carbocycles. The summed E-state index contributed by atoms with van der Waals surface area (Å²) in [5.74, 6) is 0. The van der Waals surface area contributed by atoms with E-state index in [2.05, 4.69) is 345 Å². The van der Waals surface area contributed by atoms with Gasteiger partial charge in [0.25, 0.3) is 0 Å². The first-order valence-corrected chi connectivity index (χ1v) is 32.0. The largest absolute Gasteiger partial charge is 0.309 e. The van der Waals surface area contributed by atoms with E-state index >= 15 is 0 Å². The minimum atomic E-state index is 0.957. The molecule has 6 nitrogen and oxygen atoms in total. The number of pyridine rings is 2. The first-order chi connectivity index (χ1) is 46.6. The highest BCUT2D eigenvalue weighted by Gasteiger charge is 2.20. The summed E-state index contributed by atoms with van der Waals surface area (Å²) in [6.07, 6.45) is 5.69. The van der Waals surface area contributed by atoms with Gasteiger partial charge in [-0.3, -0.25) is 9.97 Å². The van der Waals surface area contributed by atoms with Crippen LogP contribution < -0.4 is 0 Å². The standard InChI is InChI=1S/C47H31N3.C41H27N3/c1-3-12-32(13-4-1)36-22-25-43(48-31-36)35-14-11-17-38(28-35)50-45-21-10-8-19-40(45)42-30-34(24-27-47(42)50)33-23-26-46-41(29-33)39-18-7-9-20-44(39)49(46)37-15-5-2-6-16-37;1-2-10-32(11-3-1)43-38-14-6-4-12-34(38)36-25-29(18-22-40(36)43)30-19-23-41-37(26-30)35-13-5-7-15-39(35)44(41)33-20-16-28(17-21-33)31-9-8-24-42-27-31/h1-31H;1-27H. The number of para-hydroxylation sites is 6. The van der Waals surface area contributed by atoms with E-state index in [1.165, 1.54) is 126 Å². The van der Waals surface area contributed by atoms with Crippen molar-refractivity contribution >= 4 is 87.2 Å². The van der Waals surface area contributed by atoms with Gasteiger partial charge in [-0.25, -0.2) is 0 Å². The molecule has 0 fully saturated rings. The molecule has 0 aliphatic carbocycles. The molecule has 0 radical (unpaired) electrons. The van der Waals surface area contributed by atoms with Crippen molar-refractivity contribution < 1.29 is 0 Å². The third-order valence-corrected chi connectivity index (χ3v) is 18.8. The summed E-state index contributed by atoms with van der Waals surface area (Å²) in [7, 11) is 0. The number of hydrogen-bond donors (Lipinski definition) is 0. The molecular weight excluding hydrogens is 1140 g/mol. The summed E-state index contributed by atoms with van der Waals surface area (Å²) in [6.45, 7) is 0. The Morgan fingerprint density at radius 2 is 0.500 bits per heavy atom. The molecule has 0 aliphatic heterocycles. The lowest BCUT2D eigenvalue weighted by Crippen LogP contribution is -1.95. The molecule has 19 rings (SSSR count). The zero-order valence-electron chi connectivity index (χ0n) is 51.2. The molecule has 19 aromatic rings. The van der Waals surface area contributed by atoms with Crippen molar-refractivity contribution in [3.05, 3.63) is 352 Å². The fraction of sp³-hybridized carbons (Fsp3) is 0. The quantitative estimate of drug-likeness (QED) is 0.145. The molecule has 0 spiro atoms. The van der Waals surface area contributed by atoms with Crippen LogP contribution in [0, 0.1) is 0 Å². The SMILES string of the molecule is c1ccc(-c2ccc(-c3cccc(-n4c5ccccc5c5cc(-c6ccc7c(c6)c6ccccc6n7-c6ccccc6)ccc54)c3)nc2)cc1.c1ccc(-n2c3ccccc3c3cc(-c4ccc5c(c4)c4ccccc4n5-c4ccc(-c5cccnc5)cc4)ccc32)cc1. The van der Waals surface area contributed by atoms with Crippen molar-refractivity contribution in [1.82, 2.24) is 28.2 Å². The van der Waals surface area contributed by atoms with Crippen LogP contribution in [0.15, 0.2) is 352 Å². The van der Waals surface area contributed by atoms with E-state index in [0.29, 0.717) is 0 Å². The van der Waals surface area contributed by atoms with E-state index in [-0.39, 0.29) is 0 Å². The van der Waals surface area contributed by atoms with Gasteiger partial charge in [-0.2, -0.15) is 0 Å². The van der Waals surface area contributed by atoms with Crippen molar-refractivity contribution in [1.29, 1.82) is 0 Å². The van der Waals surface area contributed by atoms with Crippen LogP contribution in [-0.4, -0.2) is 28.2 Å². The van der Waals surface area contributed by atoms with Crippen molar-refractivity contribution in [2.45, 2.75) is 0 Å². The normalized spacial score (nSPS) is 11.6. The molecular formula is C88H58N6. The highest BCUT2D eigenvalue weighted by atomic mass is 15.0. The molecule has 6 aromatic heterocycles. The first kappa shape index (κ1) is 54.3. The van der Waals surface area contributed by atoms with Crippen LogP contribution >= 0.6 is 0 Å². The number of aromatic nitrogens is 6. The summed E-state index contributed by atoms with van der Waals surface area (Å²) in [5.41, 5.74) is 25.7. The van der Waals surface area contributed by atoms with Crippen LogP contribution in [0.2, 0.25) is 0 Å². The molecule has 13 aromatic carbocycles. The summed E-state index contributed by atoms with van der Waals surface area (Å²) in [4.78, 5) is 9.15. The fourth-order valence-corrected chi connectivity index (χ4v) is 14.4. The lowest BCUT2D eigenvalue weighted by atomic mass is 10.0. The Balaban J connectivity index is 0.000000139. The van der Waals surface area contributed by atoms with Gasteiger partial charge in [-0.1, -0.05) is 200 Å². The highest BCUT2D eigenvalue weighted by Crippen LogP contribution is 2.42. The Morgan fingerprint density at radius 1 is 0.181 bits per heavy atom. The number of benzene rings is 13. The van der Waals surface area contributed by atoms with Gasteiger partial charge in [0.05, 0.1) is 49.8 Å². The molecule has 0 N–H and O–H groups in total. The monoisotopic (exact) mass is 1200 g/mol. The van der Waals surface area contributed by atoms with Crippen molar-refractivity contribution in [2.24, 2.45) is 0 Å². The second-order valence-electron chi connectivity index (χ2n) is 24.1. The number of rotatable bonds is 9. The maximum absolute atomic E-state index is 4.87. The third-order valence-electron chi connectivity index (χ3n) is 18.8. The van der Waals surface area contributed by atoms with Gasteiger partial charge in [-0.05, 0) is 172 Å². The van der Waals surface area contributed by atoms with Crippen LogP contribution in [0.4, 0.5) is 0 Å². The Kier molecular flexibility index (Phi) is 13.1. The smallest absolute Gasteiger partial charge is 0.0703 e. The first-order valence-electron chi connectivity index (χ1n) is 32.0. The summed E-state index contributed by atoms with van der Waals surface area (Å²) in [5, 5.41) is 10.0. The van der Waals surface area contributed by atoms with E-state index in [9.17, 15) is 0 Å². The Labute approximate surface area is 543 Å². The van der Waals surface area contributed by atoms with E-state index < -0.39 is 0 Å². The van der Waals surface area contributed by atoms with Gasteiger partial charge in [0.1, 0.15) is 0 Å². The van der Waals surface area contributed by atoms with Gasteiger partial charge in [-0.15, -0.1) is 0 Å². The Hall–Kier alpha value is -12.6. The lowest BCUT2D eigenvalue weighted by molar-refractivity contribution is 1.18. The van der Waals surface area contributed by atoms with Gasteiger partial charge in [0, 0.05) is 95.6 Å². The van der Waals surface area contributed by atoms with E-state index in [0.717, 1.165) is 39.3 Å². The maximum atomic E-state index is 4.87. The van der Waals surface area contributed by atoms with E-state index in [4.69, 9.17) is 4.98 Å². The second kappa shape index (κ2) is 22.7. The predicted octanol–water partition coefficient (Wildman–Crippen LogP) is 22.9.